The number of rotatable bonds is 3. The van der Waals surface area contributed by atoms with Crippen LogP contribution in [0.1, 0.15) is 12.5 Å². The van der Waals surface area contributed by atoms with Gasteiger partial charge in [0.2, 0.25) is 0 Å². The first-order chi connectivity index (χ1) is 8.15. The van der Waals surface area contributed by atoms with E-state index in [1.807, 2.05) is 12.1 Å². The van der Waals surface area contributed by atoms with Crippen molar-refractivity contribution in [3.8, 4) is 0 Å². The van der Waals surface area contributed by atoms with Crippen LogP contribution < -0.4 is 5.73 Å². The number of hydrogen-bond acceptors (Lipinski definition) is 3. The fourth-order valence-corrected chi connectivity index (χ4v) is 2.39. The lowest BCUT2D eigenvalue weighted by molar-refractivity contribution is 0.118. The average Bonchev–Trinajstić information content (AvgIpc) is 2.33. The van der Waals surface area contributed by atoms with Gasteiger partial charge in [-0.1, -0.05) is 12.1 Å². The molecule has 0 aliphatic carbocycles. The largest absolute Gasteiger partial charge is 0.399 e. The molecule has 1 aliphatic heterocycles. The Morgan fingerprint density at radius 2 is 1.71 bits per heavy atom. The molecule has 3 nitrogen and oxygen atoms in total. The minimum absolute atomic E-state index is 0.618. The summed E-state index contributed by atoms with van der Waals surface area (Å²) in [5, 5.41) is 0. The molecule has 1 aromatic rings. The maximum Gasteiger partial charge on any atom is 0.0314 e. The summed E-state index contributed by atoms with van der Waals surface area (Å²) in [5.74, 6) is 0. The number of nitrogen functional groups attached to an aromatic ring is 1. The Morgan fingerprint density at radius 3 is 2.29 bits per heavy atom. The normalized spacial score (nSPS) is 20.4. The van der Waals surface area contributed by atoms with Crippen molar-refractivity contribution in [3.63, 3.8) is 0 Å². The van der Waals surface area contributed by atoms with Crippen molar-refractivity contribution in [2.24, 2.45) is 0 Å². The highest BCUT2D eigenvalue weighted by Gasteiger charge is 2.18. The Labute approximate surface area is 104 Å². The summed E-state index contributed by atoms with van der Waals surface area (Å²) in [6.45, 7) is 7.07. The Kier molecular flexibility index (Phi) is 4.02. The number of nitrogens with two attached hydrogens (primary N) is 1. The van der Waals surface area contributed by atoms with Crippen LogP contribution in [-0.2, 0) is 6.42 Å². The minimum atomic E-state index is 0.618. The van der Waals surface area contributed by atoms with Crippen LogP contribution in [0.3, 0.4) is 0 Å². The minimum Gasteiger partial charge on any atom is -0.399 e. The predicted octanol–water partition coefficient (Wildman–Crippen LogP) is 1.45. The number of likely N-dealkylation sites (N-methyl/N-ethyl adjacent to an activating group) is 1. The molecule has 0 spiro atoms. The molecule has 0 bridgehead atoms. The molecular weight excluding hydrogens is 210 g/mol. The molecule has 0 saturated carbocycles. The van der Waals surface area contributed by atoms with Crippen molar-refractivity contribution in [2.45, 2.75) is 19.4 Å². The van der Waals surface area contributed by atoms with Crippen LogP contribution in [-0.4, -0.2) is 49.1 Å². The van der Waals surface area contributed by atoms with Gasteiger partial charge in [-0.25, -0.2) is 0 Å². The van der Waals surface area contributed by atoms with Crippen molar-refractivity contribution in [1.82, 2.24) is 9.80 Å². The summed E-state index contributed by atoms with van der Waals surface area (Å²) in [4.78, 5) is 4.97. The van der Waals surface area contributed by atoms with E-state index in [1.165, 1.54) is 31.7 Å². The quantitative estimate of drug-likeness (QED) is 0.802. The van der Waals surface area contributed by atoms with Crippen LogP contribution in [0.4, 0.5) is 5.69 Å². The Balaban J connectivity index is 1.88. The van der Waals surface area contributed by atoms with E-state index in [-0.39, 0.29) is 0 Å². The van der Waals surface area contributed by atoms with E-state index in [2.05, 4.69) is 35.9 Å². The van der Waals surface area contributed by atoms with Gasteiger partial charge in [0.25, 0.3) is 0 Å². The van der Waals surface area contributed by atoms with Gasteiger partial charge in [0.05, 0.1) is 0 Å². The molecule has 94 valence electrons. The van der Waals surface area contributed by atoms with E-state index in [4.69, 9.17) is 5.73 Å². The van der Waals surface area contributed by atoms with E-state index in [0.29, 0.717) is 6.04 Å². The first kappa shape index (κ1) is 12.4. The fraction of sp³-hybridized carbons (Fsp3) is 0.571. The van der Waals surface area contributed by atoms with E-state index in [0.717, 1.165) is 12.1 Å². The SMILES string of the molecule is CC(Cc1ccc(N)cc1)N1CCN(C)CC1. The van der Waals surface area contributed by atoms with Crippen LogP contribution in [0.15, 0.2) is 24.3 Å². The van der Waals surface area contributed by atoms with Crippen molar-refractivity contribution in [2.75, 3.05) is 39.0 Å². The van der Waals surface area contributed by atoms with E-state index >= 15 is 0 Å². The molecule has 1 unspecified atom stereocenters. The van der Waals surface area contributed by atoms with Gasteiger partial charge < -0.3 is 10.6 Å². The zero-order valence-corrected chi connectivity index (χ0v) is 10.9. The second-order valence-corrected chi connectivity index (χ2v) is 5.13. The smallest absolute Gasteiger partial charge is 0.0314 e. The van der Waals surface area contributed by atoms with E-state index < -0.39 is 0 Å². The number of piperazine rings is 1. The highest BCUT2D eigenvalue weighted by Crippen LogP contribution is 2.12. The van der Waals surface area contributed by atoms with Crippen LogP contribution in [0, 0.1) is 0 Å². The van der Waals surface area contributed by atoms with Crippen LogP contribution in [0.5, 0.6) is 0 Å². The average molecular weight is 233 g/mol. The van der Waals surface area contributed by atoms with Gasteiger partial charge in [-0.15, -0.1) is 0 Å². The van der Waals surface area contributed by atoms with Gasteiger partial charge >= 0.3 is 0 Å². The third-order valence-electron chi connectivity index (χ3n) is 3.67. The van der Waals surface area contributed by atoms with Crippen molar-refractivity contribution >= 4 is 5.69 Å². The Hall–Kier alpha value is -1.06. The second kappa shape index (κ2) is 5.52. The predicted molar refractivity (Wildman–Crippen MR) is 73.1 cm³/mol. The summed E-state index contributed by atoms with van der Waals surface area (Å²) < 4.78 is 0. The summed E-state index contributed by atoms with van der Waals surface area (Å²) in [7, 11) is 2.20. The molecule has 1 fully saturated rings. The molecule has 0 aromatic heterocycles. The summed E-state index contributed by atoms with van der Waals surface area (Å²) >= 11 is 0. The van der Waals surface area contributed by atoms with Gasteiger partial charge in [-0.2, -0.15) is 0 Å². The monoisotopic (exact) mass is 233 g/mol. The number of nitrogens with zero attached hydrogens (tertiary/aromatic N) is 2. The number of anilines is 1. The summed E-state index contributed by atoms with van der Waals surface area (Å²) in [6, 6.07) is 8.88. The van der Waals surface area contributed by atoms with Crippen LogP contribution in [0.2, 0.25) is 0 Å². The highest BCUT2D eigenvalue weighted by molar-refractivity contribution is 5.39. The lowest BCUT2D eigenvalue weighted by atomic mass is 10.0. The first-order valence-electron chi connectivity index (χ1n) is 6.42. The van der Waals surface area contributed by atoms with Gasteiger partial charge in [0, 0.05) is 37.9 Å². The van der Waals surface area contributed by atoms with E-state index in [9.17, 15) is 0 Å². The number of benzene rings is 1. The van der Waals surface area contributed by atoms with Gasteiger partial charge in [0.15, 0.2) is 0 Å². The maximum atomic E-state index is 5.70. The van der Waals surface area contributed by atoms with Crippen molar-refractivity contribution in [1.29, 1.82) is 0 Å². The Morgan fingerprint density at radius 1 is 1.12 bits per heavy atom. The van der Waals surface area contributed by atoms with Gasteiger partial charge in [-0.05, 0) is 38.1 Å². The molecule has 17 heavy (non-hydrogen) atoms. The molecule has 1 saturated heterocycles. The Bertz CT molecular complexity index is 339. The molecule has 1 heterocycles. The third kappa shape index (κ3) is 3.45. The van der Waals surface area contributed by atoms with Crippen molar-refractivity contribution < 1.29 is 0 Å². The summed E-state index contributed by atoms with van der Waals surface area (Å²) in [6.07, 6.45) is 1.12. The third-order valence-corrected chi connectivity index (χ3v) is 3.67. The molecule has 1 aromatic carbocycles. The molecule has 3 heteroatoms. The van der Waals surface area contributed by atoms with Crippen LogP contribution >= 0.6 is 0 Å². The zero-order chi connectivity index (χ0) is 12.3. The second-order valence-electron chi connectivity index (χ2n) is 5.13. The first-order valence-corrected chi connectivity index (χ1v) is 6.42. The molecule has 2 rings (SSSR count). The molecular formula is C14H23N3. The lowest BCUT2D eigenvalue weighted by Gasteiger charge is -2.36. The molecule has 1 aliphatic rings. The molecule has 0 radical (unpaired) electrons. The molecule has 0 amide bonds. The highest BCUT2D eigenvalue weighted by atomic mass is 15.3. The summed E-state index contributed by atoms with van der Waals surface area (Å²) in [5.41, 5.74) is 7.93. The zero-order valence-electron chi connectivity index (χ0n) is 10.9. The van der Waals surface area contributed by atoms with Gasteiger partial charge in [0.1, 0.15) is 0 Å². The maximum absolute atomic E-state index is 5.70. The van der Waals surface area contributed by atoms with Crippen molar-refractivity contribution in [3.05, 3.63) is 29.8 Å². The number of hydrogen-bond donors (Lipinski definition) is 1. The van der Waals surface area contributed by atoms with Gasteiger partial charge in [-0.3, -0.25) is 4.90 Å². The fourth-order valence-electron chi connectivity index (χ4n) is 2.39. The van der Waals surface area contributed by atoms with E-state index in [1.54, 1.807) is 0 Å². The molecule has 1 atom stereocenters. The van der Waals surface area contributed by atoms with Crippen LogP contribution in [0.25, 0.3) is 0 Å². The topological polar surface area (TPSA) is 32.5 Å². The lowest BCUT2D eigenvalue weighted by Crippen LogP contribution is -2.48. The standard InChI is InChI=1S/C14H23N3/c1-12(17-9-7-16(2)8-10-17)11-13-3-5-14(15)6-4-13/h3-6,12H,7-11,15H2,1-2H3. The molecule has 2 N–H and O–H groups in total.